The zero-order chi connectivity index (χ0) is 13.4. The maximum absolute atomic E-state index is 11.5. The minimum Gasteiger partial charge on any atom is -0.360 e. The van der Waals surface area contributed by atoms with Crippen molar-refractivity contribution in [2.75, 3.05) is 13.1 Å². The van der Waals surface area contributed by atoms with E-state index < -0.39 is 0 Å². The van der Waals surface area contributed by atoms with Gasteiger partial charge in [-0.15, -0.1) is 0 Å². The first-order valence-corrected chi connectivity index (χ1v) is 6.84. The van der Waals surface area contributed by atoms with E-state index in [9.17, 15) is 4.79 Å². The number of hydrogen-bond acceptors (Lipinski definition) is 2. The number of nitrogens with zero attached hydrogens (tertiary/aromatic N) is 2. The SMILES string of the molecule is CC(=O)N1CCC(c2c[nH]c3cccnc23)C(C)C1. The zero-order valence-corrected chi connectivity index (χ0v) is 11.4. The predicted octanol–water partition coefficient (Wildman–Crippen LogP) is 2.53. The summed E-state index contributed by atoms with van der Waals surface area (Å²) in [4.78, 5) is 21.2. The molecule has 1 N–H and O–H groups in total. The molecule has 1 saturated heterocycles. The second-order valence-electron chi connectivity index (χ2n) is 5.48. The highest BCUT2D eigenvalue weighted by Gasteiger charge is 2.30. The Labute approximate surface area is 112 Å². The molecule has 0 radical (unpaired) electrons. The van der Waals surface area contributed by atoms with E-state index in [0.29, 0.717) is 11.8 Å². The topological polar surface area (TPSA) is 49.0 Å². The van der Waals surface area contributed by atoms with Gasteiger partial charge in [0.25, 0.3) is 0 Å². The summed E-state index contributed by atoms with van der Waals surface area (Å²) in [5.41, 5.74) is 3.47. The van der Waals surface area contributed by atoms with Crippen LogP contribution in [0.5, 0.6) is 0 Å². The van der Waals surface area contributed by atoms with E-state index in [4.69, 9.17) is 0 Å². The summed E-state index contributed by atoms with van der Waals surface area (Å²) in [7, 11) is 0. The number of aromatic amines is 1. The van der Waals surface area contributed by atoms with Gasteiger partial charge in [-0.2, -0.15) is 0 Å². The Bertz CT molecular complexity index is 604. The fraction of sp³-hybridized carbons (Fsp3) is 0.467. The van der Waals surface area contributed by atoms with Crippen molar-refractivity contribution >= 4 is 16.9 Å². The number of rotatable bonds is 1. The van der Waals surface area contributed by atoms with Gasteiger partial charge in [-0.3, -0.25) is 9.78 Å². The van der Waals surface area contributed by atoms with Crippen molar-refractivity contribution < 1.29 is 4.79 Å². The maximum Gasteiger partial charge on any atom is 0.219 e. The normalized spacial score (nSPS) is 23.8. The van der Waals surface area contributed by atoms with E-state index in [2.05, 4.69) is 29.2 Å². The Kier molecular flexibility index (Phi) is 3.01. The van der Waals surface area contributed by atoms with E-state index in [-0.39, 0.29) is 5.91 Å². The molecule has 0 bridgehead atoms. The van der Waals surface area contributed by atoms with Crippen LogP contribution in [0.25, 0.3) is 11.0 Å². The number of amides is 1. The van der Waals surface area contributed by atoms with E-state index in [0.717, 1.165) is 30.5 Å². The summed E-state index contributed by atoms with van der Waals surface area (Å²) < 4.78 is 0. The van der Waals surface area contributed by atoms with Gasteiger partial charge in [-0.25, -0.2) is 0 Å². The lowest BCUT2D eigenvalue weighted by Crippen LogP contribution is -2.40. The van der Waals surface area contributed by atoms with Crippen LogP contribution in [0.3, 0.4) is 0 Å². The third-order valence-electron chi connectivity index (χ3n) is 4.21. The second kappa shape index (κ2) is 4.68. The van der Waals surface area contributed by atoms with Gasteiger partial charge in [-0.05, 0) is 36.0 Å². The molecule has 0 aliphatic carbocycles. The van der Waals surface area contributed by atoms with Gasteiger partial charge in [0.15, 0.2) is 0 Å². The van der Waals surface area contributed by atoms with Crippen molar-refractivity contribution in [3.8, 4) is 0 Å². The number of piperidine rings is 1. The monoisotopic (exact) mass is 257 g/mol. The van der Waals surface area contributed by atoms with Gasteiger partial charge < -0.3 is 9.88 Å². The van der Waals surface area contributed by atoms with Gasteiger partial charge >= 0.3 is 0 Å². The molecule has 3 rings (SSSR count). The minimum atomic E-state index is 0.183. The van der Waals surface area contributed by atoms with Gasteiger partial charge in [0, 0.05) is 32.4 Å². The van der Waals surface area contributed by atoms with Crippen LogP contribution >= 0.6 is 0 Å². The van der Waals surface area contributed by atoms with Crippen LogP contribution in [0.15, 0.2) is 24.5 Å². The maximum atomic E-state index is 11.5. The smallest absolute Gasteiger partial charge is 0.219 e. The van der Waals surface area contributed by atoms with Gasteiger partial charge in [0.2, 0.25) is 5.91 Å². The fourth-order valence-electron chi connectivity index (χ4n) is 3.15. The molecule has 2 aromatic heterocycles. The van der Waals surface area contributed by atoms with Crippen LogP contribution in [0.2, 0.25) is 0 Å². The van der Waals surface area contributed by atoms with E-state index in [1.165, 1.54) is 5.56 Å². The average Bonchev–Trinajstić information content (AvgIpc) is 2.82. The van der Waals surface area contributed by atoms with Crippen LogP contribution < -0.4 is 0 Å². The molecular formula is C15H19N3O. The number of fused-ring (bicyclic) bond motifs is 1. The van der Waals surface area contributed by atoms with Gasteiger partial charge in [0.1, 0.15) is 0 Å². The number of carbonyl (C=O) groups is 1. The van der Waals surface area contributed by atoms with Crippen molar-refractivity contribution in [2.24, 2.45) is 5.92 Å². The number of hydrogen-bond donors (Lipinski definition) is 1. The number of aromatic nitrogens is 2. The third-order valence-corrected chi connectivity index (χ3v) is 4.21. The summed E-state index contributed by atoms with van der Waals surface area (Å²) in [6, 6.07) is 4.01. The Hall–Kier alpha value is -1.84. The molecule has 2 aromatic rings. The lowest BCUT2D eigenvalue weighted by molar-refractivity contribution is -0.130. The summed E-state index contributed by atoms with van der Waals surface area (Å²) in [6.07, 6.45) is 4.95. The van der Waals surface area contributed by atoms with Crippen LogP contribution in [-0.2, 0) is 4.79 Å². The standard InChI is InChI=1S/C15H19N3O/c1-10-9-18(11(2)19)7-5-12(10)13-8-17-14-4-3-6-16-15(13)14/h3-4,6,8,10,12,17H,5,7,9H2,1-2H3. The summed E-state index contributed by atoms with van der Waals surface area (Å²) in [5.74, 6) is 1.14. The van der Waals surface area contributed by atoms with E-state index in [1.807, 2.05) is 17.2 Å². The fourth-order valence-corrected chi connectivity index (χ4v) is 3.15. The molecule has 19 heavy (non-hydrogen) atoms. The van der Waals surface area contributed by atoms with Crippen LogP contribution in [0.1, 0.15) is 31.7 Å². The highest BCUT2D eigenvalue weighted by atomic mass is 16.2. The quantitative estimate of drug-likeness (QED) is 0.853. The lowest BCUT2D eigenvalue weighted by atomic mass is 9.82. The van der Waals surface area contributed by atoms with Crippen LogP contribution in [0.4, 0.5) is 0 Å². The molecule has 1 aliphatic heterocycles. The molecule has 3 heterocycles. The molecule has 4 nitrogen and oxygen atoms in total. The number of nitrogens with one attached hydrogen (secondary N) is 1. The molecule has 0 aromatic carbocycles. The molecule has 0 saturated carbocycles. The molecule has 100 valence electrons. The zero-order valence-electron chi connectivity index (χ0n) is 11.4. The molecule has 2 atom stereocenters. The third kappa shape index (κ3) is 2.11. The van der Waals surface area contributed by atoms with Crippen molar-refractivity contribution in [2.45, 2.75) is 26.2 Å². The van der Waals surface area contributed by atoms with E-state index >= 15 is 0 Å². The van der Waals surface area contributed by atoms with E-state index in [1.54, 1.807) is 6.92 Å². The van der Waals surface area contributed by atoms with Crippen LogP contribution in [-0.4, -0.2) is 33.9 Å². The molecule has 4 heteroatoms. The van der Waals surface area contributed by atoms with Crippen molar-refractivity contribution in [1.82, 2.24) is 14.9 Å². The summed E-state index contributed by atoms with van der Waals surface area (Å²) >= 11 is 0. The largest absolute Gasteiger partial charge is 0.360 e. The highest BCUT2D eigenvalue weighted by Crippen LogP contribution is 2.35. The van der Waals surface area contributed by atoms with Gasteiger partial charge in [0.05, 0.1) is 11.0 Å². The number of carbonyl (C=O) groups excluding carboxylic acids is 1. The first-order chi connectivity index (χ1) is 9.16. The highest BCUT2D eigenvalue weighted by molar-refractivity contribution is 5.79. The van der Waals surface area contributed by atoms with Crippen molar-refractivity contribution in [1.29, 1.82) is 0 Å². The van der Waals surface area contributed by atoms with Gasteiger partial charge in [-0.1, -0.05) is 6.92 Å². The molecule has 1 amide bonds. The second-order valence-corrected chi connectivity index (χ2v) is 5.48. The Balaban J connectivity index is 1.89. The summed E-state index contributed by atoms with van der Waals surface area (Å²) in [6.45, 7) is 5.57. The first kappa shape index (κ1) is 12.2. The summed E-state index contributed by atoms with van der Waals surface area (Å²) in [5, 5.41) is 0. The Morgan fingerprint density at radius 2 is 2.37 bits per heavy atom. The number of pyridine rings is 1. The van der Waals surface area contributed by atoms with Crippen LogP contribution in [0, 0.1) is 5.92 Å². The molecule has 0 spiro atoms. The number of likely N-dealkylation sites (tertiary alicyclic amines) is 1. The first-order valence-electron chi connectivity index (χ1n) is 6.84. The molecule has 1 aliphatic rings. The van der Waals surface area contributed by atoms with Crippen molar-refractivity contribution in [3.05, 3.63) is 30.1 Å². The Morgan fingerprint density at radius 3 is 3.11 bits per heavy atom. The molecule has 1 fully saturated rings. The minimum absolute atomic E-state index is 0.183. The molecule has 2 unspecified atom stereocenters. The lowest BCUT2D eigenvalue weighted by Gasteiger charge is -2.36. The predicted molar refractivity (Wildman–Crippen MR) is 74.9 cm³/mol. The average molecular weight is 257 g/mol. The van der Waals surface area contributed by atoms with Crippen molar-refractivity contribution in [3.63, 3.8) is 0 Å². The Morgan fingerprint density at radius 1 is 1.53 bits per heavy atom. The molecular weight excluding hydrogens is 238 g/mol. The number of H-pyrrole nitrogens is 1.